The van der Waals surface area contributed by atoms with E-state index in [2.05, 4.69) is 16.7 Å². The lowest BCUT2D eigenvalue weighted by Gasteiger charge is -2.38. The van der Waals surface area contributed by atoms with E-state index >= 15 is 0 Å². The van der Waals surface area contributed by atoms with Crippen LogP contribution in [0.1, 0.15) is 33.1 Å². The molecule has 1 spiro atoms. The van der Waals surface area contributed by atoms with Gasteiger partial charge in [-0.1, -0.05) is 6.92 Å². The molecule has 0 saturated carbocycles. The maximum Gasteiger partial charge on any atom is 0.410 e. The number of aliphatic hydroxyl groups is 1. The summed E-state index contributed by atoms with van der Waals surface area (Å²) in [4.78, 5) is 33.1. The fourth-order valence-electron chi connectivity index (χ4n) is 4.49. The minimum absolute atomic E-state index is 0.235. The molecule has 3 rings (SSSR count). The maximum absolute atomic E-state index is 12.4. The van der Waals surface area contributed by atoms with Gasteiger partial charge in [0.05, 0.1) is 12.6 Å². The second-order valence-corrected chi connectivity index (χ2v) is 8.69. The molecule has 0 radical (unpaired) electrons. The van der Waals surface area contributed by atoms with Gasteiger partial charge in [0.15, 0.2) is 0 Å². The third-order valence-corrected chi connectivity index (χ3v) is 6.65. The van der Waals surface area contributed by atoms with Crippen LogP contribution in [0.15, 0.2) is 0 Å². The maximum atomic E-state index is 12.4. The third kappa shape index (κ3) is 5.39. The van der Waals surface area contributed by atoms with Crippen molar-refractivity contribution < 1.29 is 19.4 Å². The van der Waals surface area contributed by atoms with E-state index in [0.29, 0.717) is 39.0 Å². The smallest absolute Gasteiger partial charge is 0.410 e. The van der Waals surface area contributed by atoms with Crippen LogP contribution in [0.25, 0.3) is 0 Å². The SMILES string of the molecule is CCN1CCN(CCCN2CC3(CCN(C(=O)[C@@H](N)[C@@H](C)O)CC3)OC2=O)CC1. The lowest BCUT2D eigenvalue weighted by atomic mass is 9.91. The molecule has 29 heavy (non-hydrogen) atoms. The molecule has 3 N–H and O–H groups in total. The Morgan fingerprint density at radius 3 is 2.34 bits per heavy atom. The Morgan fingerprint density at radius 2 is 1.76 bits per heavy atom. The summed E-state index contributed by atoms with van der Waals surface area (Å²) >= 11 is 0. The van der Waals surface area contributed by atoms with E-state index < -0.39 is 17.7 Å². The van der Waals surface area contributed by atoms with Gasteiger partial charge in [-0.25, -0.2) is 4.79 Å². The van der Waals surface area contributed by atoms with Crippen molar-refractivity contribution in [1.29, 1.82) is 0 Å². The Bertz CT molecular complexity index is 571. The minimum atomic E-state index is -0.897. The van der Waals surface area contributed by atoms with Crippen LogP contribution in [0.4, 0.5) is 4.79 Å². The molecular formula is C20H37N5O4. The molecule has 3 fully saturated rings. The molecule has 0 aliphatic carbocycles. The number of nitrogens with zero attached hydrogens (tertiary/aromatic N) is 4. The number of amides is 2. The van der Waals surface area contributed by atoms with Gasteiger partial charge in [-0.2, -0.15) is 0 Å². The molecular weight excluding hydrogens is 374 g/mol. The molecule has 9 heteroatoms. The van der Waals surface area contributed by atoms with E-state index in [9.17, 15) is 14.7 Å². The van der Waals surface area contributed by atoms with Gasteiger partial charge in [-0.15, -0.1) is 0 Å². The molecule has 3 aliphatic rings. The predicted molar refractivity (Wildman–Crippen MR) is 109 cm³/mol. The molecule has 0 aromatic carbocycles. The molecule has 0 unspecified atom stereocenters. The van der Waals surface area contributed by atoms with E-state index in [-0.39, 0.29) is 12.0 Å². The average molecular weight is 412 g/mol. The highest BCUT2D eigenvalue weighted by molar-refractivity contribution is 5.82. The first kappa shape index (κ1) is 22.3. The zero-order valence-electron chi connectivity index (χ0n) is 17.9. The van der Waals surface area contributed by atoms with Gasteiger partial charge in [0.2, 0.25) is 5.91 Å². The van der Waals surface area contributed by atoms with E-state index in [4.69, 9.17) is 10.5 Å². The Balaban J connectivity index is 1.41. The largest absolute Gasteiger partial charge is 0.441 e. The van der Waals surface area contributed by atoms with E-state index in [0.717, 1.165) is 45.7 Å². The van der Waals surface area contributed by atoms with Crippen molar-refractivity contribution in [2.45, 2.75) is 50.9 Å². The highest BCUT2D eigenvalue weighted by Crippen LogP contribution is 2.33. The van der Waals surface area contributed by atoms with Crippen LogP contribution in [-0.2, 0) is 9.53 Å². The van der Waals surface area contributed by atoms with Crippen molar-refractivity contribution in [2.75, 3.05) is 65.4 Å². The Hall–Kier alpha value is -1.42. The first-order valence-electron chi connectivity index (χ1n) is 11.0. The van der Waals surface area contributed by atoms with Crippen LogP contribution in [-0.4, -0.2) is 120 Å². The zero-order valence-corrected chi connectivity index (χ0v) is 17.9. The van der Waals surface area contributed by atoms with Gasteiger partial charge in [-0.05, 0) is 26.4 Å². The Morgan fingerprint density at radius 1 is 1.14 bits per heavy atom. The molecule has 2 amide bonds. The van der Waals surface area contributed by atoms with Gasteiger partial charge in [0.25, 0.3) is 0 Å². The highest BCUT2D eigenvalue weighted by atomic mass is 16.6. The number of rotatable bonds is 7. The second-order valence-electron chi connectivity index (χ2n) is 8.69. The van der Waals surface area contributed by atoms with Crippen LogP contribution in [0, 0.1) is 0 Å². The molecule has 166 valence electrons. The predicted octanol–water partition coefficient (Wildman–Crippen LogP) is -0.464. The fourth-order valence-corrected chi connectivity index (χ4v) is 4.49. The average Bonchev–Trinajstić information content (AvgIpc) is 3.02. The van der Waals surface area contributed by atoms with Crippen molar-refractivity contribution in [3.63, 3.8) is 0 Å². The van der Waals surface area contributed by atoms with Crippen molar-refractivity contribution >= 4 is 12.0 Å². The topological polar surface area (TPSA) is 103 Å². The van der Waals surface area contributed by atoms with Crippen molar-refractivity contribution in [1.82, 2.24) is 19.6 Å². The number of aliphatic hydroxyl groups excluding tert-OH is 1. The number of piperidine rings is 1. The lowest BCUT2D eigenvalue weighted by Crippen LogP contribution is -2.55. The number of nitrogens with two attached hydrogens (primary N) is 1. The Kier molecular flexibility index (Phi) is 7.37. The monoisotopic (exact) mass is 411 g/mol. The van der Waals surface area contributed by atoms with E-state index in [1.807, 2.05) is 4.90 Å². The number of piperazine rings is 1. The van der Waals surface area contributed by atoms with Gasteiger partial charge >= 0.3 is 6.09 Å². The number of likely N-dealkylation sites (N-methyl/N-ethyl adjacent to an activating group) is 1. The lowest BCUT2D eigenvalue weighted by molar-refractivity contribution is -0.138. The van der Waals surface area contributed by atoms with Gasteiger partial charge in [0, 0.05) is 58.7 Å². The van der Waals surface area contributed by atoms with Crippen molar-refractivity contribution in [3.05, 3.63) is 0 Å². The van der Waals surface area contributed by atoms with E-state index in [1.165, 1.54) is 6.92 Å². The number of hydrogen-bond acceptors (Lipinski definition) is 7. The molecule has 3 heterocycles. The summed E-state index contributed by atoms with van der Waals surface area (Å²) in [6.07, 6.45) is 1.08. The first-order valence-corrected chi connectivity index (χ1v) is 11.0. The number of hydrogen-bond donors (Lipinski definition) is 2. The zero-order chi connectivity index (χ0) is 21.0. The van der Waals surface area contributed by atoms with Crippen LogP contribution in [0.2, 0.25) is 0 Å². The molecule has 9 nitrogen and oxygen atoms in total. The van der Waals surface area contributed by atoms with E-state index in [1.54, 1.807) is 4.90 Å². The standard InChI is InChI=1S/C20H37N5O4/c1-3-22-11-13-23(14-12-22)7-4-8-25-15-20(29-19(25)28)5-9-24(10-6-20)18(27)17(21)16(2)26/h16-17,26H,3-15,21H2,1-2H3/t16-,17+/m1/s1. The van der Waals surface area contributed by atoms with Crippen LogP contribution in [0.3, 0.4) is 0 Å². The fraction of sp³-hybridized carbons (Fsp3) is 0.900. The quantitative estimate of drug-likeness (QED) is 0.584. The van der Waals surface area contributed by atoms with Crippen LogP contribution < -0.4 is 5.73 Å². The number of likely N-dealkylation sites (tertiary alicyclic amines) is 1. The summed E-state index contributed by atoms with van der Waals surface area (Å²) in [6, 6.07) is -0.897. The molecule has 0 bridgehead atoms. The molecule has 3 saturated heterocycles. The summed E-state index contributed by atoms with van der Waals surface area (Å²) in [5, 5.41) is 9.54. The summed E-state index contributed by atoms with van der Waals surface area (Å²) in [6.45, 7) is 12.6. The van der Waals surface area contributed by atoms with Crippen LogP contribution in [0.5, 0.6) is 0 Å². The molecule has 2 atom stereocenters. The third-order valence-electron chi connectivity index (χ3n) is 6.65. The van der Waals surface area contributed by atoms with Gasteiger partial charge in [0.1, 0.15) is 11.6 Å². The van der Waals surface area contributed by atoms with Gasteiger partial charge < -0.3 is 35.2 Å². The summed E-state index contributed by atoms with van der Waals surface area (Å²) < 4.78 is 5.76. The first-order chi connectivity index (χ1) is 13.8. The van der Waals surface area contributed by atoms with Crippen molar-refractivity contribution in [3.8, 4) is 0 Å². The number of carbonyl (C=O) groups is 2. The van der Waals surface area contributed by atoms with Gasteiger partial charge in [-0.3, -0.25) is 4.79 Å². The molecule has 0 aromatic heterocycles. The summed E-state index contributed by atoms with van der Waals surface area (Å²) in [5.41, 5.74) is 5.28. The number of carbonyl (C=O) groups excluding carboxylic acids is 2. The normalized spacial score (nSPS) is 25.3. The molecule has 3 aliphatic heterocycles. The Labute approximate surface area is 173 Å². The number of ether oxygens (including phenoxy) is 1. The summed E-state index contributed by atoms with van der Waals surface area (Å²) in [5.74, 6) is -0.237. The summed E-state index contributed by atoms with van der Waals surface area (Å²) in [7, 11) is 0. The second kappa shape index (κ2) is 9.59. The highest BCUT2D eigenvalue weighted by Gasteiger charge is 2.47. The van der Waals surface area contributed by atoms with Crippen molar-refractivity contribution in [2.24, 2.45) is 5.73 Å². The minimum Gasteiger partial charge on any atom is -0.441 e. The van der Waals surface area contributed by atoms with Crippen LogP contribution >= 0.6 is 0 Å². The molecule has 0 aromatic rings.